The minimum Gasteiger partial charge on any atom is -0.382 e. The number of anilines is 1. The molecule has 2 heterocycles. The summed E-state index contributed by atoms with van der Waals surface area (Å²) in [6.07, 6.45) is 5.78. The van der Waals surface area contributed by atoms with Crippen molar-refractivity contribution in [3.63, 3.8) is 0 Å². The first-order valence-electron chi connectivity index (χ1n) is 6.70. The fourth-order valence-corrected chi connectivity index (χ4v) is 2.72. The molecule has 1 unspecified atom stereocenters. The Bertz CT molecular complexity index is 533. The smallest absolute Gasteiger partial charge is 0.125 e. The Balaban J connectivity index is 1.95. The molecule has 0 aliphatic carbocycles. The van der Waals surface area contributed by atoms with Crippen molar-refractivity contribution in [3.05, 3.63) is 41.9 Å². The highest BCUT2D eigenvalue weighted by Gasteiger charge is 2.23. The first-order valence-corrected chi connectivity index (χ1v) is 6.70. The molecule has 0 spiro atoms. The molecule has 3 nitrogen and oxygen atoms in total. The summed E-state index contributed by atoms with van der Waals surface area (Å²) < 4.78 is 13.5. The normalized spacial score (nSPS) is 19.9. The third kappa shape index (κ3) is 2.40. The van der Waals surface area contributed by atoms with E-state index in [1.165, 1.54) is 12.1 Å². The molecule has 100 valence electrons. The van der Waals surface area contributed by atoms with Gasteiger partial charge in [0, 0.05) is 37.0 Å². The molecule has 19 heavy (non-hydrogen) atoms. The van der Waals surface area contributed by atoms with E-state index in [-0.39, 0.29) is 5.82 Å². The molecular weight excluding hydrogens is 243 g/mol. The van der Waals surface area contributed by atoms with Crippen molar-refractivity contribution in [1.29, 1.82) is 0 Å². The number of aliphatic hydroxyl groups excluding tert-OH is 1. The van der Waals surface area contributed by atoms with Crippen molar-refractivity contribution in [2.75, 3.05) is 18.0 Å². The SMILES string of the molecule is OC(C1=NC=CC1)c1ccc(F)cc1N1CCCC1. The summed E-state index contributed by atoms with van der Waals surface area (Å²) in [5, 5.41) is 10.4. The van der Waals surface area contributed by atoms with Gasteiger partial charge in [-0.15, -0.1) is 0 Å². The molecule has 0 aromatic heterocycles. The summed E-state index contributed by atoms with van der Waals surface area (Å²) in [5.41, 5.74) is 2.29. The van der Waals surface area contributed by atoms with E-state index in [1.54, 1.807) is 12.3 Å². The van der Waals surface area contributed by atoms with E-state index in [1.807, 2.05) is 6.08 Å². The predicted octanol–water partition coefficient (Wildman–Crippen LogP) is 2.82. The summed E-state index contributed by atoms with van der Waals surface area (Å²) in [6, 6.07) is 4.60. The maximum atomic E-state index is 13.5. The number of aliphatic hydroxyl groups is 1. The third-order valence-electron chi connectivity index (χ3n) is 3.72. The molecule has 1 N–H and O–H groups in total. The van der Waals surface area contributed by atoms with Crippen LogP contribution >= 0.6 is 0 Å². The molecule has 3 rings (SSSR count). The fourth-order valence-electron chi connectivity index (χ4n) is 2.72. The van der Waals surface area contributed by atoms with Gasteiger partial charge in [0.1, 0.15) is 11.9 Å². The van der Waals surface area contributed by atoms with E-state index in [4.69, 9.17) is 0 Å². The monoisotopic (exact) mass is 260 g/mol. The molecule has 1 fully saturated rings. The highest BCUT2D eigenvalue weighted by molar-refractivity contribution is 5.93. The fraction of sp³-hybridized carbons (Fsp3) is 0.400. The molecule has 1 aromatic carbocycles. The largest absolute Gasteiger partial charge is 0.382 e. The third-order valence-corrected chi connectivity index (χ3v) is 3.72. The molecule has 2 aliphatic rings. The lowest BCUT2D eigenvalue weighted by Crippen LogP contribution is -2.22. The zero-order valence-corrected chi connectivity index (χ0v) is 10.7. The van der Waals surface area contributed by atoms with Crippen molar-refractivity contribution in [2.24, 2.45) is 4.99 Å². The standard InChI is InChI=1S/C15H17FN2O/c16-11-5-6-12(15(19)13-4-3-7-17-13)14(10-11)18-8-1-2-9-18/h3,5-7,10,15,19H,1-2,4,8-9H2. The maximum absolute atomic E-state index is 13.5. The number of rotatable bonds is 3. The lowest BCUT2D eigenvalue weighted by atomic mass is 10.0. The zero-order valence-electron chi connectivity index (χ0n) is 10.7. The van der Waals surface area contributed by atoms with Gasteiger partial charge < -0.3 is 10.0 Å². The van der Waals surface area contributed by atoms with Gasteiger partial charge >= 0.3 is 0 Å². The average molecular weight is 260 g/mol. The van der Waals surface area contributed by atoms with Crippen LogP contribution in [0.25, 0.3) is 0 Å². The second-order valence-electron chi connectivity index (χ2n) is 5.01. The maximum Gasteiger partial charge on any atom is 0.125 e. The number of benzene rings is 1. The lowest BCUT2D eigenvalue weighted by Gasteiger charge is -2.24. The van der Waals surface area contributed by atoms with E-state index >= 15 is 0 Å². The molecule has 0 radical (unpaired) electrons. The number of hydrogen-bond donors (Lipinski definition) is 1. The minimum atomic E-state index is -0.744. The molecule has 1 aromatic rings. The van der Waals surface area contributed by atoms with Gasteiger partial charge in [-0.1, -0.05) is 12.1 Å². The van der Waals surface area contributed by atoms with Crippen LogP contribution in [-0.4, -0.2) is 23.9 Å². The van der Waals surface area contributed by atoms with Gasteiger partial charge in [0.05, 0.1) is 5.71 Å². The van der Waals surface area contributed by atoms with Gasteiger partial charge in [0.15, 0.2) is 0 Å². The van der Waals surface area contributed by atoms with Crippen molar-refractivity contribution in [1.82, 2.24) is 0 Å². The van der Waals surface area contributed by atoms with E-state index in [9.17, 15) is 9.50 Å². The van der Waals surface area contributed by atoms with Gasteiger partial charge in [-0.2, -0.15) is 0 Å². The topological polar surface area (TPSA) is 35.8 Å². The van der Waals surface area contributed by atoms with Crippen LogP contribution in [-0.2, 0) is 0 Å². The highest BCUT2D eigenvalue weighted by atomic mass is 19.1. The van der Waals surface area contributed by atoms with Crippen LogP contribution in [0.5, 0.6) is 0 Å². The molecule has 2 aliphatic heterocycles. The second-order valence-corrected chi connectivity index (χ2v) is 5.01. The first kappa shape index (κ1) is 12.4. The highest BCUT2D eigenvalue weighted by Crippen LogP contribution is 2.32. The van der Waals surface area contributed by atoms with Gasteiger partial charge in [0.2, 0.25) is 0 Å². The molecule has 1 atom stereocenters. The van der Waals surface area contributed by atoms with Crippen LogP contribution in [0.15, 0.2) is 35.5 Å². The summed E-state index contributed by atoms with van der Waals surface area (Å²) >= 11 is 0. The number of halogens is 1. The Hall–Kier alpha value is -1.68. The molecule has 0 amide bonds. The average Bonchev–Trinajstić information content (AvgIpc) is 3.11. The van der Waals surface area contributed by atoms with Crippen LogP contribution in [0, 0.1) is 5.82 Å². The van der Waals surface area contributed by atoms with Crippen molar-refractivity contribution >= 4 is 11.4 Å². The van der Waals surface area contributed by atoms with Crippen molar-refractivity contribution in [2.45, 2.75) is 25.4 Å². The quantitative estimate of drug-likeness (QED) is 0.907. The van der Waals surface area contributed by atoms with Crippen LogP contribution in [0.3, 0.4) is 0 Å². The van der Waals surface area contributed by atoms with Crippen LogP contribution in [0.1, 0.15) is 30.9 Å². The van der Waals surface area contributed by atoms with Gasteiger partial charge in [0.25, 0.3) is 0 Å². The predicted molar refractivity (Wildman–Crippen MR) is 74.0 cm³/mol. The van der Waals surface area contributed by atoms with E-state index < -0.39 is 6.10 Å². The zero-order chi connectivity index (χ0) is 13.2. The van der Waals surface area contributed by atoms with Crippen LogP contribution in [0.2, 0.25) is 0 Å². The number of aliphatic imine (C=N–C) groups is 1. The van der Waals surface area contributed by atoms with Crippen molar-refractivity contribution < 1.29 is 9.50 Å². The summed E-state index contributed by atoms with van der Waals surface area (Å²) in [6.45, 7) is 1.85. The Morgan fingerprint density at radius 3 is 2.74 bits per heavy atom. The van der Waals surface area contributed by atoms with E-state index in [2.05, 4.69) is 9.89 Å². The summed E-state index contributed by atoms with van der Waals surface area (Å²) in [4.78, 5) is 6.32. The second kappa shape index (κ2) is 5.13. The first-order chi connectivity index (χ1) is 9.25. The van der Waals surface area contributed by atoms with E-state index in [0.717, 1.165) is 42.9 Å². The lowest BCUT2D eigenvalue weighted by molar-refractivity contribution is 0.246. The number of hydrogen-bond acceptors (Lipinski definition) is 3. The minimum absolute atomic E-state index is 0.260. The van der Waals surface area contributed by atoms with Gasteiger partial charge in [-0.05, 0) is 25.0 Å². The Morgan fingerprint density at radius 2 is 2.05 bits per heavy atom. The summed E-state index contributed by atoms with van der Waals surface area (Å²) in [7, 11) is 0. The molecule has 1 saturated heterocycles. The summed E-state index contributed by atoms with van der Waals surface area (Å²) in [5.74, 6) is -0.260. The molecule has 4 heteroatoms. The molecule has 0 saturated carbocycles. The van der Waals surface area contributed by atoms with Gasteiger partial charge in [-0.3, -0.25) is 4.99 Å². The Kier molecular flexibility index (Phi) is 3.34. The van der Waals surface area contributed by atoms with E-state index in [0.29, 0.717) is 6.42 Å². The molecular formula is C15H17FN2O. The van der Waals surface area contributed by atoms with Crippen LogP contribution < -0.4 is 4.90 Å². The van der Waals surface area contributed by atoms with Crippen molar-refractivity contribution in [3.8, 4) is 0 Å². The number of nitrogens with zero attached hydrogens (tertiary/aromatic N) is 2. The Labute approximate surface area is 112 Å². The molecule has 0 bridgehead atoms. The van der Waals surface area contributed by atoms with Crippen LogP contribution in [0.4, 0.5) is 10.1 Å². The number of allylic oxidation sites excluding steroid dienone is 1. The van der Waals surface area contributed by atoms with Gasteiger partial charge in [-0.25, -0.2) is 4.39 Å². The Morgan fingerprint density at radius 1 is 1.26 bits per heavy atom.